The molecule has 1 aliphatic rings. The van der Waals surface area contributed by atoms with Crippen LogP contribution in [0.2, 0.25) is 0 Å². The number of rotatable bonds is 8. The van der Waals surface area contributed by atoms with Gasteiger partial charge in [-0.15, -0.1) is 0 Å². The number of aromatic nitrogens is 3. The molecular weight excluding hydrogens is 410 g/mol. The molecule has 11 heteroatoms. The Bertz CT molecular complexity index is 1250. The van der Waals surface area contributed by atoms with Crippen molar-refractivity contribution in [3.05, 3.63) is 81.0 Å². The highest BCUT2D eigenvalue weighted by molar-refractivity contribution is 7.89. The maximum absolute atomic E-state index is 12.9. The van der Waals surface area contributed by atoms with Crippen molar-refractivity contribution in [2.45, 2.75) is 30.2 Å². The third-order valence-electron chi connectivity index (χ3n) is 4.78. The molecule has 0 radical (unpaired) electrons. The molecule has 0 saturated heterocycles. The SMILES string of the molecule is O=c1n(CCNS(=O)(=O)c2cccc([N+](=O)[O-])c2)nc(C2CC2)n1-c1ccccc1. The summed E-state index contributed by atoms with van der Waals surface area (Å²) in [6.45, 7) is -0.0482. The van der Waals surface area contributed by atoms with Gasteiger partial charge < -0.3 is 0 Å². The van der Waals surface area contributed by atoms with E-state index in [1.165, 1.54) is 22.9 Å². The molecule has 1 saturated carbocycles. The first kappa shape index (κ1) is 20.0. The lowest BCUT2D eigenvalue weighted by Gasteiger charge is -2.06. The standard InChI is InChI=1S/C19H19N5O5S/c25-19-22(21-18(14-9-10-14)23(19)15-5-2-1-3-6-15)12-11-20-30(28,29)17-8-4-7-16(13-17)24(26)27/h1-8,13-14,20H,9-12H2. The lowest BCUT2D eigenvalue weighted by molar-refractivity contribution is -0.385. The molecule has 1 N–H and O–H groups in total. The lowest BCUT2D eigenvalue weighted by atomic mass is 10.3. The van der Waals surface area contributed by atoms with Crippen molar-refractivity contribution in [2.24, 2.45) is 0 Å². The van der Waals surface area contributed by atoms with Crippen LogP contribution in [0.3, 0.4) is 0 Å². The molecule has 3 aromatic rings. The Balaban J connectivity index is 1.53. The van der Waals surface area contributed by atoms with Gasteiger partial charge in [-0.3, -0.25) is 10.1 Å². The van der Waals surface area contributed by atoms with Crippen molar-refractivity contribution in [1.82, 2.24) is 19.1 Å². The highest BCUT2D eigenvalue weighted by Crippen LogP contribution is 2.39. The molecule has 0 unspecified atom stereocenters. The van der Waals surface area contributed by atoms with E-state index in [0.717, 1.165) is 18.9 Å². The number of nitrogens with one attached hydrogen (secondary N) is 1. The smallest absolute Gasteiger partial charge is 0.258 e. The number of sulfonamides is 1. The van der Waals surface area contributed by atoms with Gasteiger partial charge in [0.25, 0.3) is 5.69 Å². The highest BCUT2D eigenvalue weighted by Gasteiger charge is 2.31. The lowest BCUT2D eigenvalue weighted by Crippen LogP contribution is -2.32. The second-order valence-corrected chi connectivity index (χ2v) is 8.73. The van der Waals surface area contributed by atoms with Crippen LogP contribution in [-0.4, -0.2) is 34.2 Å². The Kier molecular flexibility index (Phi) is 5.22. The Morgan fingerprint density at radius 3 is 2.53 bits per heavy atom. The third-order valence-corrected chi connectivity index (χ3v) is 6.23. The zero-order valence-electron chi connectivity index (χ0n) is 15.8. The van der Waals surface area contributed by atoms with E-state index in [0.29, 0.717) is 11.5 Å². The van der Waals surface area contributed by atoms with E-state index >= 15 is 0 Å². The number of hydrogen-bond acceptors (Lipinski definition) is 6. The van der Waals surface area contributed by atoms with E-state index in [1.54, 1.807) is 4.57 Å². The predicted octanol–water partition coefficient (Wildman–Crippen LogP) is 1.80. The van der Waals surface area contributed by atoms with Crippen LogP contribution < -0.4 is 10.4 Å². The van der Waals surface area contributed by atoms with Gasteiger partial charge in [0.05, 0.1) is 22.1 Å². The summed E-state index contributed by atoms with van der Waals surface area (Å²) in [6, 6.07) is 14.0. The van der Waals surface area contributed by atoms with Crippen molar-refractivity contribution in [3.8, 4) is 5.69 Å². The molecule has 1 fully saturated rings. The molecule has 0 spiro atoms. The minimum absolute atomic E-state index is 0.0343. The van der Waals surface area contributed by atoms with Gasteiger partial charge in [0.2, 0.25) is 10.0 Å². The summed E-state index contributed by atoms with van der Waals surface area (Å²) in [6.07, 6.45) is 1.92. The summed E-state index contributed by atoms with van der Waals surface area (Å²) in [5.41, 5.74) is 0.0650. The Morgan fingerprint density at radius 2 is 1.87 bits per heavy atom. The van der Waals surface area contributed by atoms with E-state index in [-0.39, 0.29) is 35.3 Å². The molecule has 1 heterocycles. The van der Waals surface area contributed by atoms with E-state index in [1.807, 2.05) is 30.3 Å². The van der Waals surface area contributed by atoms with Gasteiger partial charge in [-0.2, -0.15) is 5.10 Å². The highest BCUT2D eigenvalue weighted by atomic mass is 32.2. The zero-order chi connectivity index (χ0) is 21.3. The summed E-state index contributed by atoms with van der Waals surface area (Å²) >= 11 is 0. The van der Waals surface area contributed by atoms with Gasteiger partial charge in [-0.1, -0.05) is 24.3 Å². The molecule has 156 valence electrons. The molecule has 30 heavy (non-hydrogen) atoms. The molecule has 10 nitrogen and oxygen atoms in total. The fourth-order valence-electron chi connectivity index (χ4n) is 3.13. The molecule has 0 atom stereocenters. The third kappa shape index (κ3) is 4.02. The first-order valence-electron chi connectivity index (χ1n) is 9.36. The molecule has 1 aromatic heterocycles. The summed E-state index contributed by atoms with van der Waals surface area (Å²) in [5.74, 6) is 0.897. The van der Waals surface area contributed by atoms with Crippen LogP contribution in [0.5, 0.6) is 0 Å². The number of nitro groups is 1. The van der Waals surface area contributed by atoms with Gasteiger partial charge in [-0.05, 0) is 31.0 Å². The zero-order valence-corrected chi connectivity index (χ0v) is 16.7. The largest absolute Gasteiger partial charge is 0.350 e. The molecule has 4 rings (SSSR count). The van der Waals surface area contributed by atoms with Crippen LogP contribution in [0.4, 0.5) is 5.69 Å². The van der Waals surface area contributed by atoms with Crippen LogP contribution in [0.15, 0.2) is 64.3 Å². The van der Waals surface area contributed by atoms with Gasteiger partial charge in [0, 0.05) is 24.6 Å². The Morgan fingerprint density at radius 1 is 1.13 bits per heavy atom. The molecular formula is C19H19N5O5S. The number of hydrogen-bond donors (Lipinski definition) is 1. The fourth-order valence-corrected chi connectivity index (χ4v) is 4.19. The van der Waals surface area contributed by atoms with Crippen molar-refractivity contribution >= 4 is 15.7 Å². The maximum Gasteiger partial charge on any atom is 0.350 e. The normalized spacial score (nSPS) is 14.0. The summed E-state index contributed by atoms with van der Waals surface area (Å²) in [7, 11) is -3.96. The Hall–Kier alpha value is -3.31. The van der Waals surface area contributed by atoms with Crippen LogP contribution in [0, 0.1) is 10.1 Å². The number of nitro benzene ring substituents is 1. The maximum atomic E-state index is 12.9. The van der Waals surface area contributed by atoms with Crippen molar-refractivity contribution < 1.29 is 13.3 Å². The quantitative estimate of drug-likeness (QED) is 0.429. The van der Waals surface area contributed by atoms with Crippen LogP contribution >= 0.6 is 0 Å². The van der Waals surface area contributed by atoms with Crippen LogP contribution in [-0.2, 0) is 16.6 Å². The fraction of sp³-hybridized carbons (Fsp3) is 0.263. The number of para-hydroxylation sites is 1. The molecule has 2 aromatic carbocycles. The van der Waals surface area contributed by atoms with Gasteiger partial charge in [-0.25, -0.2) is 27.2 Å². The molecule has 0 bridgehead atoms. The first-order chi connectivity index (χ1) is 14.4. The average molecular weight is 429 g/mol. The van der Waals surface area contributed by atoms with Gasteiger partial charge >= 0.3 is 5.69 Å². The van der Waals surface area contributed by atoms with E-state index in [2.05, 4.69) is 9.82 Å². The monoisotopic (exact) mass is 429 g/mol. The second kappa shape index (κ2) is 7.84. The number of benzene rings is 2. The Labute approximate surface area is 172 Å². The molecule has 0 aliphatic heterocycles. The first-order valence-corrected chi connectivity index (χ1v) is 10.8. The van der Waals surface area contributed by atoms with Gasteiger partial charge in [0.1, 0.15) is 5.82 Å². The van der Waals surface area contributed by atoms with Crippen LogP contribution in [0.25, 0.3) is 5.69 Å². The minimum Gasteiger partial charge on any atom is -0.258 e. The minimum atomic E-state index is -3.96. The summed E-state index contributed by atoms with van der Waals surface area (Å²) in [5, 5.41) is 15.3. The van der Waals surface area contributed by atoms with Crippen molar-refractivity contribution in [1.29, 1.82) is 0 Å². The summed E-state index contributed by atoms with van der Waals surface area (Å²) < 4.78 is 30.1. The number of nitrogens with zero attached hydrogens (tertiary/aromatic N) is 4. The van der Waals surface area contributed by atoms with Crippen LogP contribution in [0.1, 0.15) is 24.6 Å². The molecule has 0 amide bonds. The summed E-state index contributed by atoms with van der Waals surface area (Å²) in [4.78, 5) is 22.9. The number of non-ortho nitro benzene ring substituents is 1. The second-order valence-electron chi connectivity index (χ2n) is 6.96. The van der Waals surface area contributed by atoms with E-state index in [9.17, 15) is 23.3 Å². The van der Waals surface area contributed by atoms with Crippen molar-refractivity contribution in [3.63, 3.8) is 0 Å². The van der Waals surface area contributed by atoms with E-state index < -0.39 is 14.9 Å². The van der Waals surface area contributed by atoms with Gasteiger partial charge in [0.15, 0.2) is 0 Å². The topological polar surface area (TPSA) is 129 Å². The molecule has 1 aliphatic carbocycles. The van der Waals surface area contributed by atoms with E-state index in [4.69, 9.17) is 0 Å². The van der Waals surface area contributed by atoms with Crippen molar-refractivity contribution in [2.75, 3.05) is 6.54 Å². The average Bonchev–Trinajstić information content (AvgIpc) is 3.53. The predicted molar refractivity (Wildman–Crippen MR) is 108 cm³/mol.